The van der Waals surface area contributed by atoms with Gasteiger partial charge in [0.1, 0.15) is 18.3 Å². The Kier molecular flexibility index (Phi) is 10.8. The van der Waals surface area contributed by atoms with Crippen LogP contribution < -0.4 is 14.4 Å². The van der Waals surface area contributed by atoms with Crippen molar-refractivity contribution in [1.82, 2.24) is 10.2 Å². The summed E-state index contributed by atoms with van der Waals surface area (Å²) >= 11 is 0. The molecule has 36 heavy (non-hydrogen) atoms. The predicted molar refractivity (Wildman–Crippen MR) is 144 cm³/mol. The molecule has 2 rings (SSSR count). The summed E-state index contributed by atoms with van der Waals surface area (Å²) in [7, 11) is -2.21. The van der Waals surface area contributed by atoms with E-state index >= 15 is 0 Å². The van der Waals surface area contributed by atoms with E-state index in [1.807, 2.05) is 52.0 Å². The number of para-hydroxylation sites is 1. The molecule has 198 valence electrons. The number of hydrogen-bond donors (Lipinski definition) is 1. The van der Waals surface area contributed by atoms with Crippen LogP contribution >= 0.6 is 0 Å². The molecule has 2 atom stereocenters. The maximum absolute atomic E-state index is 13.8. The van der Waals surface area contributed by atoms with E-state index in [4.69, 9.17) is 4.74 Å². The van der Waals surface area contributed by atoms with Gasteiger partial charge in [0.15, 0.2) is 0 Å². The van der Waals surface area contributed by atoms with Crippen molar-refractivity contribution in [2.75, 3.05) is 24.2 Å². The average molecular weight is 518 g/mol. The van der Waals surface area contributed by atoms with Crippen molar-refractivity contribution >= 4 is 27.5 Å². The minimum absolute atomic E-state index is 0.0516. The van der Waals surface area contributed by atoms with E-state index in [9.17, 15) is 18.0 Å². The molecule has 0 aliphatic rings. The van der Waals surface area contributed by atoms with Gasteiger partial charge in [-0.2, -0.15) is 0 Å². The first-order chi connectivity index (χ1) is 17.0. The first kappa shape index (κ1) is 29.2. The minimum atomic E-state index is -3.77. The summed E-state index contributed by atoms with van der Waals surface area (Å²) in [6.45, 7) is 7.38. The van der Waals surface area contributed by atoms with Crippen LogP contribution in [0.15, 0.2) is 48.5 Å². The molecule has 0 spiro atoms. The smallest absolute Gasteiger partial charge is 0.244 e. The van der Waals surface area contributed by atoms with Crippen LogP contribution in [0.5, 0.6) is 5.75 Å². The zero-order chi connectivity index (χ0) is 26.9. The topological polar surface area (TPSA) is 96.0 Å². The number of benzene rings is 2. The number of nitrogens with zero attached hydrogens (tertiary/aromatic N) is 2. The number of carbonyl (C=O) groups excluding carboxylic acids is 2. The highest BCUT2D eigenvalue weighted by Crippen LogP contribution is 2.25. The highest BCUT2D eigenvalue weighted by atomic mass is 32.2. The summed E-state index contributed by atoms with van der Waals surface area (Å²) in [5, 5.41) is 2.97. The highest BCUT2D eigenvalue weighted by Gasteiger charge is 2.32. The Morgan fingerprint density at radius 2 is 1.72 bits per heavy atom. The molecule has 0 aromatic heterocycles. The third-order valence-electron chi connectivity index (χ3n) is 6.19. The molecule has 0 heterocycles. The molecule has 9 heteroatoms. The van der Waals surface area contributed by atoms with Gasteiger partial charge in [-0.05, 0) is 55.5 Å². The van der Waals surface area contributed by atoms with Crippen LogP contribution in [0.2, 0.25) is 0 Å². The van der Waals surface area contributed by atoms with Crippen molar-refractivity contribution in [1.29, 1.82) is 0 Å². The van der Waals surface area contributed by atoms with E-state index in [-0.39, 0.29) is 18.5 Å². The van der Waals surface area contributed by atoms with Crippen LogP contribution in [0.1, 0.15) is 51.7 Å². The number of carbonyl (C=O) groups is 2. The number of hydrogen-bond acceptors (Lipinski definition) is 5. The Bertz CT molecular complexity index is 1140. The lowest BCUT2D eigenvalue weighted by atomic mass is 10.1. The van der Waals surface area contributed by atoms with Gasteiger partial charge in [0.2, 0.25) is 21.8 Å². The summed E-state index contributed by atoms with van der Waals surface area (Å²) in [5.41, 5.74) is 2.06. The van der Waals surface area contributed by atoms with E-state index in [2.05, 4.69) is 5.32 Å². The van der Waals surface area contributed by atoms with Gasteiger partial charge in [0.05, 0.1) is 19.1 Å². The maximum atomic E-state index is 13.8. The van der Waals surface area contributed by atoms with Gasteiger partial charge < -0.3 is 15.0 Å². The Balaban J connectivity index is 2.49. The molecule has 2 amide bonds. The number of methoxy groups -OCH3 is 1. The van der Waals surface area contributed by atoms with Crippen molar-refractivity contribution in [2.45, 2.75) is 65.6 Å². The van der Waals surface area contributed by atoms with Crippen LogP contribution in [0.4, 0.5) is 5.69 Å². The Hall–Kier alpha value is -3.07. The van der Waals surface area contributed by atoms with E-state index in [1.54, 1.807) is 31.4 Å². The molecule has 0 bridgehead atoms. The summed E-state index contributed by atoms with van der Waals surface area (Å²) in [5.74, 6) is -0.0881. The lowest BCUT2D eigenvalue weighted by Crippen LogP contribution is -2.53. The number of ether oxygens (including phenoxy) is 1. The lowest BCUT2D eigenvalue weighted by molar-refractivity contribution is -0.140. The summed E-state index contributed by atoms with van der Waals surface area (Å²) in [4.78, 5) is 28.5. The van der Waals surface area contributed by atoms with Gasteiger partial charge in [-0.1, -0.05) is 51.1 Å². The van der Waals surface area contributed by atoms with Crippen molar-refractivity contribution in [2.24, 2.45) is 0 Å². The monoisotopic (exact) mass is 517 g/mol. The van der Waals surface area contributed by atoms with Crippen LogP contribution in [0.3, 0.4) is 0 Å². The summed E-state index contributed by atoms with van der Waals surface area (Å²) in [6, 6.07) is 13.6. The van der Waals surface area contributed by atoms with Gasteiger partial charge in [-0.15, -0.1) is 0 Å². The van der Waals surface area contributed by atoms with E-state index < -0.39 is 28.5 Å². The summed E-state index contributed by atoms with van der Waals surface area (Å²) in [6.07, 6.45) is 2.83. The Labute approximate surface area is 215 Å². The van der Waals surface area contributed by atoms with Gasteiger partial charge in [-0.3, -0.25) is 13.9 Å². The van der Waals surface area contributed by atoms with E-state index in [0.717, 1.165) is 28.1 Å². The number of anilines is 1. The van der Waals surface area contributed by atoms with Gasteiger partial charge >= 0.3 is 0 Å². The molecule has 2 aromatic carbocycles. The maximum Gasteiger partial charge on any atom is 0.244 e. The van der Waals surface area contributed by atoms with Crippen LogP contribution in [0, 0.1) is 0 Å². The molecule has 0 aliphatic heterocycles. The normalized spacial score (nSPS) is 12.9. The van der Waals surface area contributed by atoms with Crippen molar-refractivity contribution in [3.63, 3.8) is 0 Å². The number of amides is 2. The van der Waals surface area contributed by atoms with Gasteiger partial charge in [0.25, 0.3) is 0 Å². The highest BCUT2D eigenvalue weighted by molar-refractivity contribution is 7.92. The largest absolute Gasteiger partial charge is 0.497 e. The van der Waals surface area contributed by atoms with Crippen LogP contribution in [-0.2, 0) is 32.6 Å². The molecule has 2 aromatic rings. The fraction of sp³-hybridized carbons (Fsp3) is 0.481. The summed E-state index contributed by atoms with van der Waals surface area (Å²) < 4.78 is 32.1. The molecular weight excluding hydrogens is 478 g/mol. The molecule has 1 N–H and O–H groups in total. The van der Waals surface area contributed by atoms with Crippen molar-refractivity contribution in [3.05, 3.63) is 59.7 Å². The number of sulfonamides is 1. The number of nitrogens with one attached hydrogen (secondary N) is 1. The second-order valence-corrected chi connectivity index (χ2v) is 10.8. The SMILES string of the molecule is CCc1ccccc1N(CC(=O)N(Cc1cccc(OC)c1)C(CC)C(=O)NC(C)CC)S(C)(=O)=O. The van der Waals surface area contributed by atoms with Gasteiger partial charge in [-0.25, -0.2) is 8.42 Å². The fourth-order valence-electron chi connectivity index (χ4n) is 3.98. The number of aryl methyl sites for hydroxylation is 1. The molecule has 0 aliphatic carbocycles. The zero-order valence-corrected chi connectivity index (χ0v) is 23.0. The molecule has 0 radical (unpaired) electrons. The third-order valence-corrected chi connectivity index (χ3v) is 7.32. The molecule has 0 saturated carbocycles. The molecule has 8 nitrogen and oxygen atoms in total. The second-order valence-electron chi connectivity index (χ2n) is 8.87. The molecule has 2 unspecified atom stereocenters. The first-order valence-electron chi connectivity index (χ1n) is 12.3. The average Bonchev–Trinajstić information content (AvgIpc) is 2.86. The first-order valence-corrected chi connectivity index (χ1v) is 14.2. The van der Waals surface area contributed by atoms with Crippen LogP contribution in [0.25, 0.3) is 0 Å². The predicted octanol–water partition coefficient (Wildman–Crippen LogP) is 3.75. The molecule has 0 saturated heterocycles. The van der Waals surface area contributed by atoms with Crippen molar-refractivity contribution in [3.8, 4) is 5.75 Å². The number of rotatable bonds is 13. The zero-order valence-electron chi connectivity index (χ0n) is 22.2. The minimum Gasteiger partial charge on any atom is -0.497 e. The molecule has 0 fully saturated rings. The van der Waals surface area contributed by atoms with E-state index in [1.165, 1.54) is 4.90 Å². The van der Waals surface area contributed by atoms with E-state index in [0.29, 0.717) is 24.3 Å². The quantitative estimate of drug-likeness (QED) is 0.437. The standard InChI is InChI=1S/C27H39N3O5S/c1-7-20(4)28-27(32)24(9-3)29(18-21-13-12-15-23(17-21)35-5)26(31)19-30(36(6,33)34)25-16-11-10-14-22(25)8-2/h10-17,20,24H,7-9,18-19H2,1-6H3,(H,28,32). The Morgan fingerprint density at radius 1 is 1.03 bits per heavy atom. The van der Waals surface area contributed by atoms with Crippen molar-refractivity contribution < 1.29 is 22.7 Å². The Morgan fingerprint density at radius 3 is 2.31 bits per heavy atom. The van der Waals surface area contributed by atoms with Gasteiger partial charge in [0, 0.05) is 12.6 Å². The lowest BCUT2D eigenvalue weighted by Gasteiger charge is -2.33. The second kappa shape index (κ2) is 13.3. The third kappa shape index (κ3) is 7.71. The fourth-order valence-corrected chi connectivity index (χ4v) is 4.86. The van der Waals surface area contributed by atoms with Crippen LogP contribution in [-0.4, -0.2) is 57.1 Å². The molecular formula is C27H39N3O5S.